The summed E-state index contributed by atoms with van der Waals surface area (Å²) < 4.78 is 7.37. The van der Waals surface area contributed by atoms with Crippen LogP contribution in [0.15, 0.2) is 81.7 Å². The predicted molar refractivity (Wildman–Crippen MR) is 130 cm³/mol. The Morgan fingerprint density at radius 3 is 2.50 bits per heavy atom. The molecule has 0 aliphatic rings. The molecule has 1 aromatic heterocycles. The van der Waals surface area contributed by atoms with E-state index in [4.69, 9.17) is 9.40 Å². The van der Waals surface area contributed by atoms with Crippen LogP contribution in [-0.4, -0.2) is 17.9 Å². The van der Waals surface area contributed by atoms with Crippen molar-refractivity contribution >= 4 is 72.7 Å². The maximum atomic E-state index is 10.7. The largest absolute Gasteiger partial charge is 0.507 e. The van der Waals surface area contributed by atoms with E-state index in [9.17, 15) is 5.11 Å². The van der Waals surface area contributed by atoms with Crippen molar-refractivity contribution in [3.8, 4) is 17.2 Å². The van der Waals surface area contributed by atoms with Gasteiger partial charge in [-0.05, 0) is 39.7 Å². The van der Waals surface area contributed by atoms with Crippen LogP contribution >= 0.6 is 15.9 Å². The minimum absolute atomic E-state index is 0.160. The van der Waals surface area contributed by atoms with Crippen LogP contribution in [0.5, 0.6) is 5.75 Å². The van der Waals surface area contributed by atoms with Crippen LogP contribution in [-0.2, 0) is 0 Å². The number of phenolic OH excluding ortho intramolecular Hbond substituents is 1. The number of aromatic hydroxyl groups is 1. The van der Waals surface area contributed by atoms with Crippen molar-refractivity contribution in [2.24, 2.45) is 0 Å². The van der Waals surface area contributed by atoms with Gasteiger partial charge in [0.05, 0.1) is 5.56 Å². The second-order valence-electron chi connectivity index (χ2n) is 7.62. The maximum absolute atomic E-state index is 10.7. The smallest absolute Gasteiger partial charge is 0.231 e. The van der Waals surface area contributed by atoms with Gasteiger partial charge >= 0.3 is 0 Å². The Labute approximate surface area is 181 Å². The standard InChI is InChI=1S/C25H15BBrNO2/c26-14-6-8-18-19(11-14)20-12-15(27)7-9-17(20)23-24(18)30-25(28-23)22-16-4-2-1-3-13(16)5-10-21(22)29/h1-12,29H,26H2. The zero-order valence-electron chi connectivity index (χ0n) is 16.1. The molecule has 6 aromatic rings. The number of rotatable bonds is 1. The van der Waals surface area contributed by atoms with E-state index in [1.54, 1.807) is 6.07 Å². The number of oxazole rings is 1. The first-order valence-electron chi connectivity index (χ1n) is 9.73. The SMILES string of the molecule is Bc1ccc2c(c1)c1cc(Br)ccc1c1nc(-c3c(O)ccc4ccccc34)oc21. The lowest BCUT2D eigenvalue weighted by molar-refractivity contribution is 0.475. The van der Waals surface area contributed by atoms with Crippen molar-refractivity contribution in [1.82, 2.24) is 4.98 Å². The molecule has 0 spiro atoms. The molecule has 0 aliphatic heterocycles. The van der Waals surface area contributed by atoms with E-state index in [-0.39, 0.29) is 5.75 Å². The highest BCUT2D eigenvalue weighted by atomic mass is 79.9. The summed E-state index contributed by atoms with van der Waals surface area (Å²) in [4.78, 5) is 4.88. The molecule has 0 unspecified atom stereocenters. The molecule has 0 saturated carbocycles. The molecule has 0 fully saturated rings. The lowest BCUT2D eigenvalue weighted by Gasteiger charge is -2.07. The fourth-order valence-electron chi connectivity index (χ4n) is 4.30. The summed E-state index contributed by atoms with van der Waals surface area (Å²) in [5.41, 5.74) is 3.35. The fourth-order valence-corrected chi connectivity index (χ4v) is 4.66. The molecule has 0 radical (unpaired) electrons. The molecule has 1 N–H and O–H groups in total. The van der Waals surface area contributed by atoms with Gasteiger partial charge in [-0.3, -0.25) is 0 Å². The molecule has 142 valence electrons. The van der Waals surface area contributed by atoms with E-state index < -0.39 is 0 Å². The van der Waals surface area contributed by atoms with Gasteiger partial charge in [0, 0.05) is 15.2 Å². The monoisotopic (exact) mass is 451 g/mol. The summed E-state index contributed by atoms with van der Waals surface area (Å²) in [6.07, 6.45) is 0. The van der Waals surface area contributed by atoms with E-state index >= 15 is 0 Å². The minimum Gasteiger partial charge on any atom is -0.507 e. The topological polar surface area (TPSA) is 46.3 Å². The second kappa shape index (κ2) is 6.35. The third-order valence-corrected chi connectivity index (χ3v) is 6.19. The zero-order valence-corrected chi connectivity index (χ0v) is 17.7. The maximum Gasteiger partial charge on any atom is 0.231 e. The molecular weight excluding hydrogens is 437 g/mol. The van der Waals surface area contributed by atoms with Gasteiger partial charge in [0.25, 0.3) is 0 Å². The van der Waals surface area contributed by atoms with E-state index in [1.165, 1.54) is 5.46 Å². The number of halogens is 1. The van der Waals surface area contributed by atoms with Gasteiger partial charge < -0.3 is 9.52 Å². The van der Waals surface area contributed by atoms with Gasteiger partial charge in [0.1, 0.15) is 19.1 Å². The van der Waals surface area contributed by atoms with Crippen molar-refractivity contribution in [3.05, 3.63) is 77.3 Å². The molecule has 3 nitrogen and oxygen atoms in total. The Bertz CT molecular complexity index is 1560. The Morgan fingerprint density at radius 1 is 0.800 bits per heavy atom. The first-order valence-corrected chi connectivity index (χ1v) is 10.5. The molecular formula is C25H15BBrNO2. The summed E-state index contributed by atoms with van der Waals surface area (Å²) >= 11 is 3.60. The van der Waals surface area contributed by atoms with Crippen LogP contribution < -0.4 is 5.46 Å². The first kappa shape index (κ1) is 17.5. The number of hydrogen-bond acceptors (Lipinski definition) is 3. The molecule has 0 bridgehead atoms. The van der Waals surface area contributed by atoms with E-state index in [0.29, 0.717) is 11.5 Å². The van der Waals surface area contributed by atoms with Gasteiger partial charge in [-0.1, -0.05) is 76.0 Å². The van der Waals surface area contributed by atoms with Crippen LogP contribution in [0.2, 0.25) is 0 Å². The normalized spacial score (nSPS) is 11.8. The summed E-state index contributed by atoms with van der Waals surface area (Å²) in [5.74, 6) is 0.587. The van der Waals surface area contributed by atoms with Crippen LogP contribution in [0.4, 0.5) is 0 Å². The third kappa shape index (κ3) is 2.49. The second-order valence-corrected chi connectivity index (χ2v) is 8.53. The number of aromatic nitrogens is 1. The van der Waals surface area contributed by atoms with Gasteiger partial charge in [-0.2, -0.15) is 0 Å². The summed E-state index contributed by atoms with van der Waals surface area (Å²) in [5, 5.41) is 16.9. The Balaban J connectivity index is 1.79. The molecule has 6 rings (SSSR count). The average Bonchev–Trinajstić information content (AvgIpc) is 3.18. The molecule has 5 heteroatoms. The highest BCUT2D eigenvalue weighted by Gasteiger charge is 2.20. The molecule has 0 aliphatic carbocycles. The number of phenols is 1. The van der Waals surface area contributed by atoms with Crippen molar-refractivity contribution in [3.63, 3.8) is 0 Å². The van der Waals surface area contributed by atoms with Crippen LogP contribution in [0, 0.1) is 0 Å². The molecule has 0 atom stereocenters. The van der Waals surface area contributed by atoms with Crippen LogP contribution in [0.1, 0.15) is 0 Å². The Hall–Kier alpha value is -3.31. The molecule has 0 saturated heterocycles. The summed E-state index contributed by atoms with van der Waals surface area (Å²) in [6, 6.07) is 24.1. The average molecular weight is 452 g/mol. The van der Waals surface area contributed by atoms with Gasteiger partial charge in [-0.25, -0.2) is 4.98 Å². The lowest BCUT2D eigenvalue weighted by Crippen LogP contribution is -2.00. The summed E-state index contributed by atoms with van der Waals surface area (Å²) in [6.45, 7) is 0. The molecule has 0 amide bonds. The predicted octanol–water partition coefficient (Wildman–Crippen LogP) is 5.68. The van der Waals surface area contributed by atoms with Crippen molar-refractivity contribution < 1.29 is 9.52 Å². The number of hydrogen-bond donors (Lipinski definition) is 1. The van der Waals surface area contributed by atoms with Crippen molar-refractivity contribution in [1.29, 1.82) is 0 Å². The lowest BCUT2D eigenvalue weighted by atomic mass is 9.91. The highest BCUT2D eigenvalue weighted by Crippen LogP contribution is 2.41. The van der Waals surface area contributed by atoms with Gasteiger partial charge in [0.15, 0.2) is 5.58 Å². The molecule has 30 heavy (non-hydrogen) atoms. The van der Waals surface area contributed by atoms with E-state index in [1.807, 2.05) is 36.4 Å². The Kier molecular flexibility index (Phi) is 3.71. The van der Waals surface area contributed by atoms with Crippen LogP contribution in [0.3, 0.4) is 0 Å². The van der Waals surface area contributed by atoms with Gasteiger partial charge in [-0.15, -0.1) is 0 Å². The summed E-state index contributed by atoms with van der Waals surface area (Å²) in [7, 11) is 2.09. The number of nitrogens with zero attached hydrogens (tertiary/aromatic N) is 1. The van der Waals surface area contributed by atoms with E-state index in [0.717, 1.165) is 47.9 Å². The van der Waals surface area contributed by atoms with E-state index in [2.05, 4.69) is 54.1 Å². The minimum atomic E-state index is 0.160. The quantitative estimate of drug-likeness (QED) is 0.258. The first-order chi connectivity index (χ1) is 14.6. The fraction of sp³-hybridized carbons (Fsp3) is 0. The van der Waals surface area contributed by atoms with Crippen molar-refractivity contribution in [2.75, 3.05) is 0 Å². The Morgan fingerprint density at radius 2 is 1.60 bits per heavy atom. The third-order valence-electron chi connectivity index (χ3n) is 5.69. The van der Waals surface area contributed by atoms with Crippen LogP contribution in [0.25, 0.3) is 54.9 Å². The molecule has 1 heterocycles. The molecule has 5 aromatic carbocycles. The highest BCUT2D eigenvalue weighted by molar-refractivity contribution is 9.10. The van der Waals surface area contributed by atoms with Crippen molar-refractivity contribution in [2.45, 2.75) is 0 Å². The number of fused-ring (bicyclic) bond motifs is 7. The number of benzene rings is 5. The zero-order chi connectivity index (χ0) is 20.4. The van der Waals surface area contributed by atoms with Gasteiger partial charge in [0.2, 0.25) is 5.89 Å².